The van der Waals surface area contributed by atoms with Crippen LogP contribution < -0.4 is 11.1 Å². The van der Waals surface area contributed by atoms with Gasteiger partial charge in [0.1, 0.15) is 0 Å². The van der Waals surface area contributed by atoms with Gasteiger partial charge in [-0.2, -0.15) is 0 Å². The van der Waals surface area contributed by atoms with Gasteiger partial charge in [-0.3, -0.25) is 4.79 Å². The molecule has 0 saturated heterocycles. The minimum atomic E-state index is -0.515. The molecule has 4 heteroatoms. The first-order valence-corrected chi connectivity index (χ1v) is 7.06. The number of hydrogen-bond acceptors (Lipinski definition) is 2. The average molecular weight is 254 g/mol. The summed E-state index contributed by atoms with van der Waals surface area (Å²) in [4.78, 5) is 12.6. The van der Waals surface area contributed by atoms with Crippen molar-refractivity contribution < 1.29 is 4.79 Å². The van der Waals surface area contributed by atoms with Crippen molar-refractivity contribution in [2.75, 3.05) is 0 Å². The summed E-state index contributed by atoms with van der Waals surface area (Å²) >= 11 is 5.06. The first-order valence-electron chi connectivity index (χ1n) is 6.65. The van der Waals surface area contributed by atoms with Gasteiger partial charge >= 0.3 is 0 Å². The molecule has 3 N–H and O–H groups in total. The van der Waals surface area contributed by atoms with Gasteiger partial charge in [-0.15, -0.1) is 0 Å². The minimum Gasteiger partial charge on any atom is -0.392 e. The van der Waals surface area contributed by atoms with Crippen molar-refractivity contribution in [1.29, 1.82) is 0 Å². The highest BCUT2D eigenvalue weighted by Crippen LogP contribution is 2.41. The Morgan fingerprint density at radius 2 is 1.88 bits per heavy atom. The van der Waals surface area contributed by atoms with Gasteiger partial charge in [-0.05, 0) is 44.4 Å². The summed E-state index contributed by atoms with van der Waals surface area (Å²) in [6, 6.07) is 0.338. The zero-order valence-electron chi connectivity index (χ0n) is 10.5. The summed E-state index contributed by atoms with van der Waals surface area (Å²) in [5.41, 5.74) is 5.22. The van der Waals surface area contributed by atoms with E-state index in [1.54, 1.807) is 0 Å². The molecular weight excluding hydrogens is 232 g/mol. The van der Waals surface area contributed by atoms with Crippen LogP contribution in [0.2, 0.25) is 0 Å². The van der Waals surface area contributed by atoms with E-state index in [4.69, 9.17) is 18.0 Å². The number of nitrogens with two attached hydrogens (primary N) is 1. The fourth-order valence-corrected chi connectivity index (χ4v) is 3.14. The van der Waals surface area contributed by atoms with E-state index in [9.17, 15) is 4.79 Å². The van der Waals surface area contributed by atoms with E-state index >= 15 is 0 Å². The van der Waals surface area contributed by atoms with E-state index in [0.717, 1.165) is 38.0 Å². The second-order valence-corrected chi connectivity index (χ2v) is 6.17. The number of nitrogens with one attached hydrogen (secondary N) is 1. The summed E-state index contributed by atoms with van der Waals surface area (Å²) in [5.74, 6) is 0.882. The molecule has 0 spiro atoms. The topological polar surface area (TPSA) is 55.1 Å². The molecule has 96 valence electrons. The van der Waals surface area contributed by atoms with Gasteiger partial charge in [-0.25, -0.2) is 0 Å². The molecule has 2 rings (SSSR count). The number of hydrogen-bond donors (Lipinski definition) is 2. The second-order valence-electron chi connectivity index (χ2n) is 5.73. The monoisotopic (exact) mass is 254 g/mol. The minimum absolute atomic E-state index is 0.0794. The number of thiocarbonyl (C=S) groups is 1. The lowest BCUT2D eigenvalue weighted by atomic mass is 9.67. The van der Waals surface area contributed by atoms with Crippen molar-refractivity contribution in [3.05, 3.63) is 0 Å². The summed E-state index contributed by atoms with van der Waals surface area (Å²) in [6.07, 6.45) is 7.34. The Morgan fingerprint density at radius 1 is 1.29 bits per heavy atom. The van der Waals surface area contributed by atoms with Crippen LogP contribution in [0.1, 0.15) is 51.9 Å². The molecule has 17 heavy (non-hydrogen) atoms. The molecule has 2 aliphatic rings. The highest BCUT2D eigenvalue weighted by Gasteiger charge is 2.47. The Balaban J connectivity index is 1.90. The van der Waals surface area contributed by atoms with Gasteiger partial charge in [0.2, 0.25) is 5.91 Å². The molecule has 0 aromatic carbocycles. The second kappa shape index (κ2) is 4.92. The third-order valence-electron chi connectivity index (χ3n) is 4.46. The van der Waals surface area contributed by atoms with E-state index in [-0.39, 0.29) is 5.91 Å². The largest absolute Gasteiger partial charge is 0.392 e. The summed E-state index contributed by atoms with van der Waals surface area (Å²) in [7, 11) is 0. The zero-order valence-corrected chi connectivity index (χ0v) is 11.3. The normalized spacial score (nSPS) is 31.4. The van der Waals surface area contributed by atoms with E-state index < -0.39 is 5.41 Å². The van der Waals surface area contributed by atoms with Crippen molar-refractivity contribution in [3.63, 3.8) is 0 Å². The SMILES string of the molecule is CC1CCC(NC(=O)C2(C(N)=S)CCC2)CC1. The third-order valence-corrected chi connectivity index (χ3v) is 4.86. The fourth-order valence-electron chi connectivity index (χ4n) is 2.84. The molecule has 2 aliphatic carbocycles. The highest BCUT2D eigenvalue weighted by atomic mass is 32.1. The molecule has 0 atom stereocenters. The summed E-state index contributed by atoms with van der Waals surface area (Å²) in [6.45, 7) is 2.28. The van der Waals surface area contributed by atoms with E-state index in [1.807, 2.05) is 0 Å². The zero-order chi connectivity index (χ0) is 12.5. The van der Waals surface area contributed by atoms with Crippen LogP contribution in [0.15, 0.2) is 0 Å². The maximum atomic E-state index is 12.3. The first-order chi connectivity index (χ1) is 8.04. The van der Waals surface area contributed by atoms with Gasteiger partial charge in [0.05, 0.1) is 10.4 Å². The lowest BCUT2D eigenvalue weighted by Crippen LogP contribution is -2.55. The maximum absolute atomic E-state index is 12.3. The summed E-state index contributed by atoms with van der Waals surface area (Å²) < 4.78 is 0. The average Bonchev–Trinajstić information content (AvgIpc) is 2.19. The van der Waals surface area contributed by atoms with E-state index in [1.165, 1.54) is 12.8 Å². The van der Waals surface area contributed by atoms with Crippen LogP contribution in [0.3, 0.4) is 0 Å². The van der Waals surface area contributed by atoms with Gasteiger partial charge in [0.15, 0.2) is 0 Å². The highest BCUT2D eigenvalue weighted by molar-refractivity contribution is 7.80. The van der Waals surface area contributed by atoms with Crippen molar-refractivity contribution in [3.8, 4) is 0 Å². The molecule has 0 aromatic heterocycles. The Kier molecular flexibility index (Phi) is 3.71. The van der Waals surface area contributed by atoms with Crippen molar-refractivity contribution in [1.82, 2.24) is 5.32 Å². The van der Waals surface area contributed by atoms with Gasteiger partial charge in [-0.1, -0.05) is 25.6 Å². The van der Waals surface area contributed by atoms with Gasteiger partial charge in [0, 0.05) is 6.04 Å². The quantitative estimate of drug-likeness (QED) is 0.759. The number of rotatable bonds is 3. The van der Waals surface area contributed by atoms with E-state index in [2.05, 4.69) is 12.2 Å². The van der Waals surface area contributed by atoms with E-state index in [0.29, 0.717) is 11.0 Å². The predicted molar refractivity (Wildman–Crippen MR) is 72.6 cm³/mol. The van der Waals surface area contributed by atoms with Crippen LogP contribution >= 0.6 is 12.2 Å². The van der Waals surface area contributed by atoms with Crippen LogP contribution in [0, 0.1) is 11.3 Å². The van der Waals surface area contributed by atoms with Crippen molar-refractivity contribution >= 4 is 23.1 Å². The summed E-state index contributed by atoms with van der Waals surface area (Å²) in [5, 5.41) is 3.16. The van der Waals surface area contributed by atoms with Crippen LogP contribution in [0.5, 0.6) is 0 Å². The van der Waals surface area contributed by atoms with Crippen molar-refractivity contribution in [2.45, 2.75) is 57.9 Å². The Hall–Kier alpha value is -0.640. The predicted octanol–water partition coefficient (Wildman–Crippen LogP) is 2.14. The molecule has 0 aliphatic heterocycles. The first kappa shape index (κ1) is 12.8. The molecule has 0 aromatic rings. The number of carbonyl (C=O) groups excluding carboxylic acids is 1. The molecule has 0 heterocycles. The third kappa shape index (κ3) is 2.46. The number of carbonyl (C=O) groups is 1. The molecule has 1 amide bonds. The molecule has 3 nitrogen and oxygen atoms in total. The van der Waals surface area contributed by atoms with Crippen LogP contribution in [0.4, 0.5) is 0 Å². The Bertz CT molecular complexity index is 317. The molecule has 0 radical (unpaired) electrons. The molecular formula is C13H22N2OS. The molecule has 0 unspecified atom stereocenters. The van der Waals surface area contributed by atoms with Gasteiger partial charge in [0.25, 0.3) is 0 Å². The maximum Gasteiger partial charge on any atom is 0.233 e. The Labute approximate surface area is 109 Å². The Morgan fingerprint density at radius 3 is 2.29 bits per heavy atom. The molecule has 2 fully saturated rings. The van der Waals surface area contributed by atoms with Crippen LogP contribution in [-0.4, -0.2) is 16.9 Å². The smallest absolute Gasteiger partial charge is 0.233 e. The van der Waals surface area contributed by atoms with Crippen LogP contribution in [0.25, 0.3) is 0 Å². The van der Waals surface area contributed by atoms with Gasteiger partial charge < -0.3 is 11.1 Å². The number of amides is 1. The van der Waals surface area contributed by atoms with Crippen molar-refractivity contribution in [2.24, 2.45) is 17.1 Å². The molecule has 2 saturated carbocycles. The lowest BCUT2D eigenvalue weighted by molar-refractivity contribution is -0.131. The van der Waals surface area contributed by atoms with Crippen LogP contribution in [-0.2, 0) is 4.79 Å². The molecule has 0 bridgehead atoms. The standard InChI is InChI=1S/C13H22N2OS/c1-9-3-5-10(6-4-9)15-12(16)13(11(14)17)7-2-8-13/h9-10H,2-8H2,1H3,(H2,14,17)(H,15,16). The lowest BCUT2D eigenvalue weighted by Gasteiger charge is -2.40. The fraction of sp³-hybridized carbons (Fsp3) is 0.846.